The fourth-order valence-corrected chi connectivity index (χ4v) is 10.6. The van der Waals surface area contributed by atoms with E-state index in [1.54, 1.807) is 6.08 Å². The van der Waals surface area contributed by atoms with Crippen LogP contribution in [0, 0.1) is 0 Å². The number of esters is 1. The Morgan fingerprint density at radius 2 is 0.831 bits per heavy atom. The van der Waals surface area contributed by atoms with Crippen LogP contribution in [0.3, 0.4) is 0 Å². The molecule has 482 valence electrons. The number of aliphatic hydroxyl groups excluding tert-OH is 5. The van der Waals surface area contributed by atoms with Crippen LogP contribution in [0.25, 0.3) is 0 Å². The van der Waals surface area contributed by atoms with Gasteiger partial charge in [-0.2, -0.15) is 0 Å². The van der Waals surface area contributed by atoms with Crippen LogP contribution in [-0.2, 0) is 23.8 Å². The first-order valence-corrected chi connectivity index (χ1v) is 34.7. The summed E-state index contributed by atoms with van der Waals surface area (Å²) in [6.07, 6.45) is 66.7. The van der Waals surface area contributed by atoms with Gasteiger partial charge in [0.15, 0.2) is 12.4 Å². The molecule has 1 aliphatic rings. The lowest BCUT2D eigenvalue weighted by Crippen LogP contribution is -2.61. The summed E-state index contributed by atoms with van der Waals surface area (Å²) in [5.74, 6) is -1.22. The molecule has 0 bridgehead atoms. The second-order valence-electron chi connectivity index (χ2n) is 23.9. The molecule has 83 heavy (non-hydrogen) atoms. The number of unbranched alkanes of at least 4 members (excludes halogenated alkanes) is 35. The highest BCUT2D eigenvalue weighted by atomic mass is 16.7. The summed E-state index contributed by atoms with van der Waals surface area (Å²) in [5.41, 5.74) is 0. The van der Waals surface area contributed by atoms with E-state index in [1.165, 1.54) is 180 Å². The summed E-state index contributed by atoms with van der Waals surface area (Å²) in [4.78, 5) is 26.6. The maximum absolute atomic E-state index is 13.4. The maximum atomic E-state index is 13.4. The molecule has 0 saturated carbocycles. The van der Waals surface area contributed by atoms with Gasteiger partial charge < -0.3 is 45.1 Å². The number of hydrogen-bond acceptors (Lipinski definition) is 10. The second-order valence-corrected chi connectivity index (χ2v) is 23.9. The number of carbonyl (C=O) groups is 2. The van der Waals surface area contributed by atoms with Gasteiger partial charge in [0.2, 0.25) is 5.91 Å². The van der Waals surface area contributed by atoms with E-state index in [9.17, 15) is 35.1 Å². The predicted octanol–water partition coefficient (Wildman–Crippen LogP) is 17.5. The Morgan fingerprint density at radius 1 is 0.470 bits per heavy atom. The molecule has 1 rings (SSSR count). The molecular weight excluding hydrogens is 1040 g/mol. The van der Waals surface area contributed by atoms with E-state index in [1.807, 2.05) is 6.08 Å². The largest absolute Gasteiger partial charge is 0.454 e. The summed E-state index contributed by atoms with van der Waals surface area (Å²) in [6.45, 7) is 5.76. The number of aliphatic hydroxyl groups is 5. The van der Waals surface area contributed by atoms with Gasteiger partial charge >= 0.3 is 5.97 Å². The monoisotopic (exact) mass is 1170 g/mol. The molecular formula is C72H129NO10. The molecule has 1 aliphatic heterocycles. The van der Waals surface area contributed by atoms with Gasteiger partial charge in [-0.1, -0.05) is 280 Å². The minimum absolute atomic E-state index is 0.119. The van der Waals surface area contributed by atoms with Gasteiger partial charge in [-0.15, -0.1) is 0 Å². The molecule has 1 saturated heterocycles. The third-order valence-electron chi connectivity index (χ3n) is 16.1. The number of hydrogen-bond donors (Lipinski definition) is 6. The fraction of sp³-hybridized carbons (Fsp3) is 0.806. The zero-order valence-corrected chi connectivity index (χ0v) is 53.6. The molecule has 0 aromatic heterocycles. The molecule has 8 unspecified atom stereocenters. The normalized spacial score (nSPS) is 19.0. The Balaban J connectivity index is 2.58. The molecule has 0 aliphatic carbocycles. The van der Waals surface area contributed by atoms with Crippen molar-refractivity contribution in [1.82, 2.24) is 5.32 Å². The van der Waals surface area contributed by atoms with E-state index in [-0.39, 0.29) is 19.4 Å². The van der Waals surface area contributed by atoms with Crippen LogP contribution in [0.15, 0.2) is 72.9 Å². The number of amides is 1. The SMILES string of the molecule is CCCCC/C=C\C/C=C\C/C=C\C/C=C\CCCCC(O)C(=O)NC(COC1OC(CO)C(O)C(O)C1OC(=O)CCCCCCCCCCCCCCCCC/C=C/CCCCCCCC)C(O)/C=C/CCCCCCCCCCC. The number of carbonyl (C=O) groups excluding carboxylic acids is 2. The number of rotatable bonds is 59. The molecule has 1 amide bonds. The van der Waals surface area contributed by atoms with Crippen LogP contribution in [0.5, 0.6) is 0 Å². The van der Waals surface area contributed by atoms with Gasteiger partial charge in [0, 0.05) is 6.42 Å². The van der Waals surface area contributed by atoms with E-state index in [4.69, 9.17) is 14.2 Å². The quantitative estimate of drug-likeness (QED) is 0.0195. The number of nitrogens with one attached hydrogen (secondary N) is 1. The lowest BCUT2D eigenvalue weighted by Gasteiger charge is -2.41. The second kappa shape index (κ2) is 59.4. The summed E-state index contributed by atoms with van der Waals surface area (Å²) in [7, 11) is 0. The van der Waals surface area contributed by atoms with Crippen molar-refractivity contribution < 1.29 is 49.3 Å². The van der Waals surface area contributed by atoms with Crippen molar-refractivity contribution in [3.8, 4) is 0 Å². The first-order chi connectivity index (χ1) is 40.7. The number of ether oxygens (including phenoxy) is 3. The van der Waals surface area contributed by atoms with Crippen LogP contribution in [0.1, 0.15) is 310 Å². The Morgan fingerprint density at radius 3 is 1.28 bits per heavy atom. The standard InChI is InChI=1S/C72H129NO10/c1-4-7-10-13-16-19-22-24-26-28-30-31-32-33-34-35-36-38-40-42-45-48-51-54-57-60-67(77)83-70-69(79)68(78)66(61-74)82-72(70)81-62-63(64(75)58-55-52-49-46-43-21-18-15-12-9-6-3)73-71(80)65(76)59-56-53-50-47-44-41-39-37-29-27-25-23-20-17-14-11-8-5-2/h17,20,24-27,37,39,44,47,55,58,63-66,68-70,72,74-76,78-79H,4-16,18-19,21-23,28-36,38,40-43,45-46,48-54,56-57,59-62H2,1-3H3,(H,73,80)/b20-17-,26-24+,27-25-,39-37-,47-44-,58-55+. The van der Waals surface area contributed by atoms with Gasteiger partial charge in [-0.25, -0.2) is 0 Å². The average molecular weight is 1170 g/mol. The molecule has 0 radical (unpaired) electrons. The molecule has 11 nitrogen and oxygen atoms in total. The zero-order valence-electron chi connectivity index (χ0n) is 53.6. The first-order valence-electron chi connectivity index (χ1n) is 34.7. The summed E-state index contributed by atoms with van der Waals surface area (Å²) in [6, 6.07) is -1.04. The third-order valence-corrected chi connectivity index (χ3v) is 16.1. The molecule has 0 spiro atoms. The van der Waals surface area contributed by atoms with Crippen molar-refractivity contribution >= 4 is 11.9 Å². The van der Waals surface area contributed by atoms with Crippen molar-refractivity contribution in [1.29, 1.82) is 0 Å². The molecule has 0 aromatic carbocycles. The highest BCUT2D eigenvalue weighted by molar-refractivity contribution is 5.80. The van der Waals surface area contributed by atoms with Gasteiger partial charge in [0.25, 0.3) is 0 Å². The van der Waals surface area contributed by atoms with Crippen LogP contribution >= 0.6 is 0 Å². The highest BCUT2D eigenvalue weighted by Crippen LogP contribution is 2.26. The van der Waals surface area contributed by atoms with E-state index >= 15 is 0 Å². The van der Waals surface area contributed by atoms with Gasteiger partial charge in [0.05, 0.1) is 25.4 Å². The smallest absolute Gasteiger partial charge is 0.306 e. The van der Waals surface area contributed by atoms with Crippen molar-refractivity contribution in [3.63, 3.8) is 0 Å². The minimum Gasteiger partial charge on any atom is -0.454 e. The Hall–Kier alpha value is -2.90. The summed E-state index contributed by atoms with van der Waals surface area (Å²) >= 11 is 0. The fourth-order valence-electron chi connectivity index (χ4n) is 10.6. The lowest BCUT2D eigenvalue weighted by molar-refractivity contribution is -0.305. The maximum Gasteiger partial charge on any atom is 0.306 e. The average Bonchev–Trinajstić information content (AvgIpc) is 3.64. The number of allylic oxidation sites excluding steroid dienone is 11. The van der Waals surface area contributed by atoms with Gasteiger partial charge in [-0.3, -0.25) is 9.59 Å². The Kier molecular flexibility index (Phi) is 55.9. The van der Waals surface area contributed by atoms with Gasteiger partial charge in [0.1, 0.15) is 24.4 Å². The molecule has 1 heterocycles. The Labute approximate surface area is 509 Å². The minimum atomic E-state index is -1.62. The van der Waals surface area contributed by atoms with Crippen molar-refractivity contribution in [2.45, 2.75) is 359 Å². The first kappa shape index (κ1) is 78.1. The summed E-state index contributed by atoms with van der Waals surface area (Å²) < 4.78 is 17.7. The molecule has 0 aromatic rings. The van der Waals surface area contributed by atoms with E-state index < -0.39 is 67.4 Å². The Bertz CT molecular complexity index is 1630. The van der Waals surface area contributed by atoms with E-state index in [0.717, 1.165) is 83.5 Å². The van der Waals surface area contributed by atoms with Crippen LogP contribution < -0.4 is 5.32 Å². The van der Waals surface area contributed by atoms with Crippen LogP contribution in [0.2, 0.25) is 0 Å². The lowest BCUT2D eigenvalue weighted by atomic mass is 9.99. The molecule has 11 heteroatoms. The van der Waals surface area contributed by atoms with Crippen molar-refractivity contribution in [3.05, 3.63) is 72.9 Å². The molecule has 8 atom stereocenters. The van der Waals surface area contributed by atoms with Crippen LogP contribution in [0.4, 0.5) is 0 Å². The zero-order chi connectivity index (χ0) is 60.3. The topological polar surface area (TPSA) is 175 Å². The van der Waals surface area contributed by atoms with E-state index in [0.29, 0.717) is 12.8 Å². The summed E-state index contributed by atoms with van der Waals surface area (Å²) in [5, 5.41) is 57.1. The molecule has 6 N–H and O–H groups in total. The third kappa shape index (κ3) is 46.9. The predicted molar refractivity (Wildman–Crippen MR) is 347 cm³/mol. The van der Waals surface area contributed by atoms with Gasteiger partial charge in [-0.05, 0) is 96.3 Å². The van der Waals surface area contributed by atoms with Crippen molar-refractivity contribution in [2.75, 3.05) is 13.2 Å². The highest BCUT2D eigenvalue weighted by Gasteiger charge is 2.47. The molecule has 1 fully saturated rings. The van der Waals surface area contributed by atoms with E-state index in [2.05, 4.69) is 86.8 Å². The van der Waals surface area contributed by atoms with Crippen molar-refractivity contribution in [2.24, 2.45) is 0 Å². The van der Waals surface area contributed by atoms with Crippen LogP contribution in [-0.4, -0.2) is 99.6 Å².